The Morgan fingerprint density at radius 3 is 2.69 bits per heavy atom. The molecule has 1 aliphatic heterocycles. The zero-order valence-corrected chi connectivity index (χ0v) is 17.5. The number of carbonyl (C=O) groups excluding carboxylic acids is 1. The fourth-order valence-electron chi connectivity index (χ4n) is 3.90. The first-order valence-corrected chi connectivity index (χ1v) is 10.2. The average Bonchev–Trinajstić information content (AvgIpc) is 3.44. The summed E-state index contributed by atoms with van der Waals surface area (Å²) in [6, 6.07) is 10.2. The second kappa shape index (κ2) is 8.31. The summed E-state index contributed by atoms with van der Waals surface area (Å²) in [6.07, 6.45) is 2.41. The molecule has 0 saturated heterocycles. The van der Waals surface area contributed by atoms with Crippen LogP contribution in [0.2, 0.25) is 0 Å². The van der Waals surface area contributed by atoms with Crippen LogP contribution in [0.15, 0.2) is 46.4 Å². The summed E-state index contributed by atoms with van der Waals surface area (Å²) in [7, 11) is 4.67. The number of furan rings is 1. The summed E-state index contributed by atoms with van der Waals surface area (Å²) in [5.41, 5.74) is 3.26. The maximum atomic E-state index is 12.0. The summed E-state index contributed by atoms with van der Waals surface area (Å²) in [6.45, 7) is 1.42. The van der Waals surface area contributed by atoms with Gasteiger partial charge < -0.3 is 18.6 Å². The lowest BCUT2D eigenvalue weighted by atomic mass is 9.90. The van der Waals surface area contributed by atoms with E-state index in [9.17, 15) is 4.79 Å². The van der Waals surface area contributed by atoms with Crippen LogP contribution in [0.1, 0.15) is 38.2 Å². The predicted octanol–water partition coefficient (Wildman–Crippen LogP) is 4.29. The number of thiophene rings is 1. The third-order valence-electron chi connectivity index (χ3n) is 5.28. The fourth-order valence-corrected chi connectivity index (χ4v) is 4.78. The molecule has 0 bridgehead atoms. The molecule has 3 aromatic rings. The number of rotatable bonds is 6. The van der Waals surface area contributed by atoms with Crippen LogP contribution < -0.4 is 9.47 Å². The van der Waals surface area contributed by atoms with Crippen molar-refractivity contribution >= 4 is 17.3 Å². The minimum atomic E-state index is -0.457. The molecule has 1 aliphatic rings. The highest BCUT2D eigenvalue weighted by molar-refractivity contribution is 7.10. The molecule has 0 saturated carbocycles. The van der Waals surface area contributed by atoms with Crippen molar-refractivity contribution in [2.75, 3.05) is 27.9 Å². The van der Waals surface area contributed by atoms with Crippen molar-refractivity contribution in [3.63, 3.8) is 0 Å². The highest BCUT2D eigenvalue weighted by Crippen LogP contribution is 2.42. The number of benzene rings is 1. The third-order valence-corrected chi connectivity index (χ3v) is 6.20. The average molecular weight is 413 g/mol. The number of esters is 1. The van der Waals surface area contributed by atoms with Crippen LogP contribution in [0.3, 0.4) is 0 Å². The molecular formula is C22H23NO5S. The molecule has 152 valence electrons. The molecular weight excluding hydrogens is 390 g/mol. The molecule has 1 unspecified atom stereocenters. The van der Waals surface area contributed by atoms with E-state index < -0.39 is 5.97 Å². The molecule has 1 aromatic carbocycles. The Hall–Kier alpha value is -2.77. The summed E-state index contributed by atoms with van der Waals surface area (Å²) in [4.78, 5) is 15.6. The zero-order valence-electron chi connectivity index (χ0n) is 16.6. The Kier molecular flexibility index (Phi) is 5.60. The van der Waals surface area contributed by atoms with Crippen LogP contribution in [0.25, 0.3) is 0 Å². The minimum Gasteiger partial charge on any atom is -0.493 e. The van der Waals surface area contributed by atoms with Gasteiger partial charge in [-0.1, -0.05) is 6.07 Å². The number of fused-ring (bicyclic) bond motifs is 1. The van der Waals surface area contributed by atoms with Gasteiger partial charge >= 0.3 is 5.97 Å². The number of hydrogen-bond donors (Lipinski definition) is 0. The quantitative estimate of drug-likeness (QED) is 0.562. The molecule has 0 spiro atoms. The zero-order chi connectivity index (χ0) is 20.4. The van der Waals surface area contributed by atoms with Crippen molar-refractivity contribution in [2.24, 2.45) is 0 Å². The first-order valence-electron chi connectivity index (χ1n) is 9.33. The highest BCUT2D eigenvalue weighted by Gasteiger charge is 2.32. The van der Waals surface area contributed by atoms with Crippen molar-refractivity contribution < 1.29 is 23.4 Å². The van der Waals surface area contributed by atoms with Gasteiger partial charge in [0.2, 0.25) is 5.76 Å². The lowest BCUT2D eigenvalue weighted by Crippen LogP contribution is -2.35. The summed E-state index contributed by atoms with van der Waals surface area (Å²) < 4.78 is 21.3. The van der Waals surface area contributed by atoms with E-state index >= 15 is 0 Å². The molecule has 2 aromatic heterocycles. The van der Waals surface area contributed by atoms with Crippen LogP contribution in [-0.4, -0.2) is 38.7 Å². The van der Waals surface area contributed by atoms with Crippen molar-refractivity contribution in [1.82, 2.24) is 4.90 Å². The maximum Gasteiger partial charge on any atom is 0.374 e. The first-order chi connectivity index (χ1) is 14.2. The van der Waals surface area contributed by atoms with Crippen molar-refractivity contribution in [3.8, 4) is 11.5 Å². The van der Waals surface area contributed by atoms with Crippen molar-refractivity contribution in [1.29, 1.82) is 0 Å². The van der Waals surface area contributed by atoms with Crippen LogP contribution in [-0.2, 0) is 17.7 Å². The lowest BCUT2D eigenvalue weighted by Gasteiger charge is -2.37. The van der Waals surface area contributed by atoms with Gasteiger partial charge in [0.25, 0.3) is 0 Å². The van der Waals surface area contributed by atoms with E-state index in [-0.39, 0.29) is 11.8 Å². The number of ether oxygens (including phenoxy) is 3. The maximum absolute atomic E-state index is 12.0. The molecule has 4 rings (SSSR count). The van der Waals surface area contributed by atoms with E-state index in [4.69, 9.17) is 18.6 Å². The van der Waals surface area contributed by atoms with Crippen LogP contribution in [0.5, 0.6) is 11.5 Å². The molecule has 29 heavy (non-hydrogen) atoms. The van der Waals surface area contributed by atoms with Crippen molar-refractivity contribution in [3.05, 3.63) is 69.3 Å². The smallest absolute Gasteiger partial charge is 0.374 e. The van der Waals surface area contributed by atoms with Crippen LogP contribution in [0.4, 0.5) is 0 Å². The Labute approximate surface area is 173 Å². The molecule has 3 heterocycles. The lowest BCUT2D eigenvalue weighted by molar-refractivity contribution is 0.0561. The van der Waals surface area contributed by atoms with E-state index in [2.05, 4.69) is 34.5 Å². The molecule has 0 N–H and O–H groups in total. The molecule has 6 nitrogen and oxygen atoms in total. The number of hydrogen-bond acceptors (Lipinski definition) is 7. The molecule has 7 heteroatoms. The monoisotopic (exact) mass is 413 g/mol. The SMILES string of the molecule is COC(=O)c1occc1CN1CCc2cc(OC)c(OC)cc2C1c1cccs1. The van der Waals surface area contributed by atoms with Gasteiger partial charge in [0.15, 0.2) is 11.5 Å². The van der Waals surface area contributed by atoms with Gasteiger partial charge in [-0.2, -0.15) is 0 Å². The van der Waals surface area contributed by atoms with E-state index in [1.807, 2.05) is 6.07 Å². The molecule has 1 atom stereocenters. The molecule has 0 amide bonds. The van der Waals surface area contributed by atoms with E-state index in [0.717, 1.165) is 24.3 Å². The molecule has 0 fully saturated rings. The first kappa shape index (κ1) is 19.5. The van der Waals surface area contributed by atoms with Gasteiger partial charge in [0, 0.05) is 23.5 Å². The second-order valence-electron chi connectivity index (χ2n) is 6.81. The van der Waals surface area contributed by atoms with Crippen LogP contribution >= 0.6 is 11.3 Å². The Bertz CT molecular complexity index is 995. The standard InChI is InChI=1S/C22H23NO5S/c1-25-17-11-14-6-8-23(13-15-7-9-28-21(15)22(24)27-3)20(19-5-4-10-29-19)16(14)12-18(17)26-2/h4-5,7,9-12,20H,6,8,13H2,1-3H3. The number of methoxy groups -OCH3 is 3. The summed E-state index contributed by atoms with van der Waals surface area (Å²) in [5, 5.41) is 2.08. The second-order valence-corrected chi connectivity index (χ2v) is 7.79. The third kappa shape index (κ3) is 3.63. The van der Waals surface area contributed by atoms with Gasteiger partial charge in [-0.3, -0.25) is 4.90 Å². The largest absolute Gasteiger partial charge is 0.493 e. The van der Waals surface area contributed by atoms with Gasteiger partial charge in [0.05, 0.1) is 33.6 Å². The normalized spacial score (nSPS) is 16.3. The summed E-state index contributed by atoms with van der Waals surface area (Å²) in [5.74, 6) is 1.26. The molecule has 0 radical (unpaired) electrons. The van der Waals surface area contributed by atoms with Crippen molar-refractivity contribution in [2.45, 2.75) is 19.0 Å². The van der Waals surface area contributed by atoms with E-state index in [0.29, 0.717) is 12.3 Å². The van der Waals surface area contributed by atoms with Gasteiger partial charge in [-0.15, -0.1) is 11.3 Å². The Morgan fingerprint density at radius 2 is 2.00 bits per heavy atom. The fraction of sp³-hybridized carbons (Fsp3) is 0.318. The van der Waals surface area contributed by atoms with Gasteiger partial charge in [0.1, 0.15) is 0 Å². The van der Waals surface area contributed by atoms with Crippen LogP contribution in [0, 0.1) is 0 Å². The Morgan fingerprint density at radius 1 is 1.21 bits per heavy atom. The number of nitrogens with zero attached hydrogens (tertiary/aromatic N) is 1. The highest BCUT2D eigenvalue weighted by atomic mass is 32.1. The predicted molar refractivity (Wildman–Crippen MR) is 110 cm³/mol. The van der Waals surface area contributed by atoms with Gasteiger partial charge in [-0.05, 0) is 47.2 Å². The van der Waals surface area contributed by atoms with E-state index in [1.165, 1.54) is 29.4 Å². The minimum absolute atomic E-state index is 0.0546. The Balaban J connectivity index is 1.75. The number of carbonyl (C=O) groups is 1. The van der Waals surface area contributed by atoms with Gasteiger partial charge in [-0.25, -0.2) is 4.79 Å². The summed E-state index contributed by atoms with van der Waals surface area (Å²) >= 11 is 1.72. The molecule has 0 aliphatic carbocycles. The topological polar surface area (TPSA) is 61.1 Å². The van der Waals surface area contributed by atoms with E-state index in [1.54, 1.807) is 25.6 Å².